The molecule has 22 heavy (non-hydrogen) atoms. The number of amides is 3. The average molecular weight is 304 g/mol. The van der Waals surface area contributed by atoms with Gasteiger partial charge in [-0.15, -0.1) is 0 Å². The lowest BCUT2D eigenvalue weighted by molar-refractivity contribution is -0.137. The van der Waals surface area contributed by atoms with E-state index in [1.165, 1.54) is 0 Å². The first kappa shape index (κ1) is 16.0. The van der Waals surface area contributed by atoms with E-state index >= 15 is 0 Å². The highest BCUT2D eigenvalue weighted by Gasteiger charge is 2.27. The lowest BCUT2D eigenvalue weighted by Gasteiger charge is -2.21. The standard InChI is InChI=1S/C16H20N2O4/c1-2-22-12-5-3-4-11(10-12)6-8-14(19)17-13-7-9-15(20)18-16(13)21/h3-5,10,13H,2,6-9H2,1H3,(H,17,19)(H,18,20,21). The van der Waals surface area contributed by atoms with Gasteiger partial charge in [0, 0.05) is 12.8 Å². The van der Waals surface area contributed by atoms with Crippen LogP contribution in [-0.4, -0.2) is 30.4 Å². The number of nitrogens with one attached hydrogen (secondary N) is 2. The van der Waals surface area contributed by atoms with Crippen LogP contribution in [0.5, 0.6) is 5.75 Å². The fraction of sp³-hybridized carbons (Fsp3) is 0.438. The Balaban J connectivity index is 1.81. The molecule has 118 valence electrons. The number of ether oxygens (including phenoxy) is 1. The van der Waals surface area contributed by atoms with Crippen LogP contribution in [0.4, 0.5) is 0 Å². The first-order valence-electron chi connectivity index (χ1n) is 7.43. The number of imide groups is 1. The molecule has 1 unspecified atom stereocenters. The Morgan fingerprint density at radius 3 is 2.95 bits per heavy atom. The van der Waals surface area contributed by atoms with E-state index in [0.717, 1.165) is 11.3 Å². The summed E-state index contributed by atoms with van der Waals surface area (Å²) in [6.45, 7) is 2.51. The molecule has 1 atom stereocenters. The van der Waals surface area contributed by atoms with Gasteiger partial charge in [0.2, 0.25) is 17.7 Å². The highest BCUT2D eigenvalue weighted by Crippen LogP contribution is 2.14. The maximum absolute atomic E-state index is 11.9. The van der Waals surface area contributed by atoms with Crippen molar-refractivity contribution in [1.82, 2.24) is 10.6 Å². The van der Waals surface area contributed by atoms with Crippen molar-refractivity contribution in [3.63, 3.8) is 0 Å². The van der Waals surface area contributed by atoms with Crippen molar-refractivity contribution in [1.29, 1.82) is 0 Å². The number of piperidine rings is 1. The molecule has 0 saturated carbocycles. The molecule has 1 aliphatic heterocycles. The van der Waals surface area contributed by atoms with E-state index in [0.29, 0.717) is 19.4 Å². The van der Waals surface area contributed by atoms with Crippen LogP contribution in [0.3, 0.4) is 0 Å². The maximum Gasteiger partial charge on any atom is 0.249 e. The zero-order valence-electron chi connectivity index (χ0n) is 12.6. The van der Waals surface area contributed by atoms with Gasteiger partial charge >= 0.3 is 0 Å². The Kier molecular flexibility index (Phi) is 5.52. The van der Waals surface area contributed by atoms with Gasteiger partial charge in [-0.3, -0.25) is 19.7 Å². The minimum Gasteiger partial charge on any atom is -0.494 e. The molecule has 2 rings (SSSR count). The SMILES string of the molecule is CCOc1cccc(CCC(=O)NC2CCC(=O)NC2=O)c1. The fourth-order valence-electron chi connectivity index (χ4n) is 2.31. The minimum absolute atomic E-state index is 0.198. The number of rotatable bonds is 6. The first-order chi connectivity index (χ1) is 10.6. The highest BCUT2D eigenvalue weighted by atomic mass is 16.5. The van der Waals surface area contributed by atoms with E-state index in [1.807, 2.05) is 31.2 Å². The average Bonchev–Trinajstić information content (AvgIpc) is 2.49. The van der Waals surface area contributed by atoms with Gasteiger partial charge in [0.25, 0.3) is 0 Å². The molecule has 6 heteroatoms. The topological polar surface area (TPSA) is 84.5 Å². The smallest absolute Gasteiger partial charge is 0.249 e. The third kappa shape index (κ3) is 4.58. The van der Waals surface area contributed by atoms with Gasteiger partial charge in [0.15, 0.2) is 0 Å². The zero-order chi connectivity index (χ0) is 15.9. The molecular weight excluding hydrogens is 284 g/mol. The molecule has 1 aromatic rings. The Bertz CT molecular complexity index is 571. The molecule has 0 aliphatic carbocycles. The van der Waals surface area contributed by atoms with Crippen molar-refractivity contribution in [2.24, 2.45) is 0 Å². The second kappa shape index (κ2) is 7.59. The Labute approximate surface area is 129 Å². The van der Waals surface area contributed by atoms with Crippen LogP contribution < -0.4 is 15.4 Å². The van der Waals surface area contributed by atoms with Crippen molar-refractivity contribution in [3.8, 4) is 5.75 Å². The first-order valence-corrected chi connectivity index (χ1v) is 7.43. The number of hydrogen-bond donors (Lipinski definition) is 2. The molecule has 6 nitrogen and oxygen atoms in total. The summed E-state index contributed by atoms with van der Waals surface area (Å²) >= 11 is 0. The van der Waals surface area contributed by atoms with Gasteiger partial charge < -0.3 is 10.1 Å². The summed E-state index contributed by atoms with van der Waals surface area (Å²) in [6.07, 6.45) is 1.47. The van der Waals surface area contributed by atoms with E-state index in [9.17, 15) is 14.4 Å². The van der Waals surface area contributed by atoms with Crippen LogP contribution in [0.25, 0.3) is 0 Å². The summed E-state index contributed by atoms with van der Waals surface area (Å²) in [4.78, 5) is 34.5. The van der Waals surface area contributed by atoms with Crippen LogP contribution in [0.1, 0.15) is 31.7 Å². The molecule has 0 bridgehead atoms. The summed E-state index contributed by atoms with van der Waals surface area (Å²) < 4.78 is 5.41. The predicted molar refractivity (Wildman–Crippen MR) is 80.2 cm³/mol. The third-order valence-corrected chi connectivity index (χ3v) is 3.42. The van der Waals surface area contributed by atoms with E-state index < -0.39 is 11.9 Å². The monoisotopic (exact) mass is 304 g/mol. The van der Waals surface area contributed by atoms with Gasteiger partial charge in [0.1, 0.15) is 11.8 Å². The van der Waals surface area contributed by atoms with Crippen LogP contribution in [-0.2, 0) is 20.8 Å². The molecule has 1 fully saturated rings. The molecule has 0 aromatic heterocycles. The molecule has 3 amide bonds. The summed E-state index contributed by atoms with van der Waals surface area (Å²) in [5.74, 6) is -0.131. The molecule has 1 aromatic carbocycles. The van der Waals surface area contributed by atoms with Gasteiger partial charge in [-0.1, -0.05) is 12.1 Å². The third-order valence-electron chi connectivity index (χ3n) is 3.42. The summed E-state index contributed by atoms with van der Waals surface area (Å²) in [5, 5.41) is 4.89. The van der Waals surface area contributed by atoms with Gasteiger partial charge in [0.05, 0.1) is 6.61 Å². The van der Waals surface area contributed by atoms with Crippen molar-refractivity contribution in [2.45, 2.75) is 38.6 Å². The number of benzene rings is 1. The second-order valence-corrected chi connectivity index (χ2v) is 5.15. The van der Waals surface area contributed by atoms with E-state index in [-0.39, 0.29) is 24.7 Å². The Morgan fingerprint density at radius 2 is 2.23 bits per heavy atom. The molecule has 1 aliphatic rings. The van der Waals surface area contributed by atoms with Crippen molar-refractivity contribution >= 4 is 17.7 Å². The van der Waals surface area contributed by atoms with E-state index in [2.05, 4.69) is 10.6 Å². The molecule has 0 spiro atoms. The van der Waals surface area contributed by atoms with E-state index in [1.54, 1.807) is 0 Å². The van der Waals surface area contributed by atoms with Crippen LogP contribution in [0.2, 0.25) is 0 Å². The summed E-state index contributed by atoms with van der Waals surface area (Å²) in [5.41, 5.74) is 1.00. The second-order valence-electron chi connectivity index (χ2n) is 5.15. The number of aryl methyl sites for hydroxylation is 1. The summed E-state index contributed by atoms with van der Waals surface area (Å²) in [6, 6.07) is 6.99. The number of hydrogen-bond acceptors (Lipinski definition) is 4. The van der Waals surface area contributed by atoms with Crippen molar-refractivity contribution in [3.05, 3.63) is 29.8 Å². The highest BCUT2D eigenvalue weighted by molar-refractivity contribution is 6.01. The Hall–Kier alpha value is -2.37. The molecule has 0 radical (unpaired) electrons. The zero-order valence-corrected chi connectivity index (χ0v) is 12.6. The quantitative estimate of drug-likeness (QED) is 0.766. The lowest BCUT2D eigenvalue weighted by atomic mass is 10.1. The normalized spacial score (nSPS) is 17.8. The molecule has 1 heterocycles. The predicted octanol–water partition coefficient (Wildman–Crippen LogP) is 0.939. The van der Waals surface area contributed by atoms with Crippen LogP contribution in [0, 0.1) is 0 Å². The minimum atomic E-state index is -0.611. The van der Waals surface area contributed by atoms with Crippen LogP contribution in [0.15, 0.2) is 24.3 Å². The number of carbonyl (C=O) groups is 3. The maximum atomic E-state index is 11.9. The Morgan fingerprint density at radius 1 is 1.41 bits per heavy atom. The van der Waals surface area contributed by atoms with E-state index in [4.69, 9.17) is 4.74 Å². The molecule has 1 saturated heterocycles. The van der Waals surface area contributed by atoms with Crippen molar-refractivity contribution < 1.29 is 19.1 Å². The van der Waals surface area contributed by atoms with Crippen molar-refractivity contribution in [2.75, 3.05) is 6.61 Å². The van der Waals surface area contributed by atoms with Gasteiger partial charge in [-0.05, 0) is 37.5 Å². The largest absolute Gasteiger partial charge is 0.494 e. The van der Waals surface area contributed by atoms with Crippen LogP contribution >= 0.6 is 0 Å². The van der Waals surface area contributed by atoms with Gasteiger partial charge in [-0.2, -0.15) is 0 Å². The van der Waals surface area contributed by atoms with Gasteiger partial charge in [-0.25, -0.2) is 0 Å². The fourth-order valence-corrected chi connectivity index (χ4v) is 2.31. The lowest BCUT2D eigenvalue weighted by Crippen LogP contribution is -2.52. The summed E-state index contributed by atoms with van der Waals surface area (Å²) in [7, 11) is 0. The molecule has 2 N–H and O–H groups in total. The number of carbonyl (C=O) groups excluding carboxylic acids is 3. The molecular formula is C16H20N2O4.